The van der Waals surface area contributed by atoms with Crippen LogP contribution in [0, 0.1) is 0 Å². The van der Waals surface area contributed by atoms with Gasteiger partial charge in [-0.3, -0.25) is 4.99 Å². The third kappa shape index (κ3) is 4.07. The molecule has 0 aliphatic carbocycles. The van der Waals surface area contributed by atoms with Crippen LogP contribution in [0.3, 0.4) is 0 Å². The molecular weight excluding hydrogens is 122 g/mol. The molecule has 0 unspecified atom stereocenters. The fraction of sp³-hybridized carbons (Fsp3) is 0.444. The first-order valence-corrected chi connectivity index (χ1v) is 3.59. The first-order chi connectivity index (χ1) is 4.85. The number of nitrogens with zero attached hydrogens (tertiary/aromatic N) is 1. The summed E-state index contributed by atoms with van der Waals surface area (Å²) < 4.78 is 0. The largest absolute Gasteiger partial charge is 0.297 e. The Balaban J connectivity index is 4.04. The van der Waals surface area contributed by atoms with E-state index in [0.717, 1.165) is 6.42 Å². The van der Waals surface area contributed by atoms with Crippen LogP contribution in [0.2, 0.25) is 0 Å². The van der Waals surface area contributed by atoms with E-state index in [1.807, 2.05) is 25.3 Å². The summed E-state index contributed by atoms with van der Waals surface area (Å²) in [5.41, 5.74) is 1.31. The number of allylic oxidation sites excluding steroid dienone is 4. The minimum Gasteiger partial charge on any atom is -0.297 e. The zero-order valence-corrected chi connectivity index (χ0v) is 6.96. The molecule has 56 valence electrons. The van der Waals surface area contributed by atoms with Gasteiger partial charge in [-0.15, -0.1) is 0 Å². The molecule has 0 aromatic heterocycles. The standard InChI is InChI=1S/C9H15N/c1-4-6-9(5-2)7-8-10-3/h4,6-8H,5H2,1-3H3/b6-4-,9-7-,10-8+. The van der Waals surface area contributed by atoms with Gasteiger partial charge in [0.15, 0.2) is 0 Å². The summed E-state index contributed by atoms with van der Waals surface area (Å²) in [6, 6.07) is 0. The molecule has 0 bridgehead atoms. The Morgan fingerprint density at radius 2 is 2.20 bits per heavy atom. The van der Waals surface area contributed by atoms with Crippen LogP contribution in [0.25, 0.3) is 0 Å². The molecule has 0 radical (unpaired) electrons. The van der Waals surface area contributed by atoms with Gasteiger partial charge >= 0.3 is 0 Å². The van der Waals surface area contributed by atoms with Crippen LogP contribution in [0.5, 0.6) is 0 Å². The Kier molecular flexibility index (Phi) is 5.74. The lowest BCUT2D eigenvalue weighted by Gasteiger charge is -1.91. The number of hydrogen-bond donors (Lipinski definition) is 0. The Bertz CT molecular complexity index is 152. The average molecular weight is 137 g/mol. The molecule has 0 spiro atoms. The molecule has 0 N–H and O–H groups in total. The van der Waals surface area contributed by atoms with Crippen LogP contribution < -0.4 is 0 Å². The van der Waals surface area contributed by atoms with Crippen molar-refractivity contribution in [3.05, 3.63) is 23.8 Å². The Hall–Kier alpha value is -0.850. The first-order valence-electron chi connectivity index (χ1n) is 3.59. The fourth-order valence-corrected chi connectivity index (χ4v) is 0.676. The first kappa shape index (κ1) is 9.15. The molecule has 0 saturated heterocycles. The predicted octanol–water partition coefficient (Wildman–Crippen LogP) is 2.60. The zero-order chi connectivity index (χ0) is 7.82. The second kappa shape index (κ2) is 6.27. The zero-order valence-electron chi connectivity index (χ0n) is 6.96. The number of hydrogen-bond acceptors (Lipinski definition) is 1. The van der Waals surface area contributed by atoms with Crippen LogP contribution in [-0.2, 0) is 0 Å². The lowest BCUT2D eigenvalue weighted by atomic mass is 10.2. The van der Waals surface area contributed by atoms with Gasteiger partial charge in [0, 0.05) is 13.3 Å². The SMILES string of the molecule is C\C=C/C(=C\C=N\C)CC. The van der Waals surface area contributed by atoms with Crippen LogP contribution in [-0.4, -0.2) is 13.3 Å². The van der Waals surface area contributed by atoms with Gasteiger partial charge in [-0.05, 0) is 25.0 Å². The highest BCUT2D eigenvalue weighted by Gasteiger charge is 1.81. The minimum atomic E-state index is 1.07. The fourth-order valence-electron chi connectivity index (χ4n) is 0.676. The average Bonchev–Trinajstić information content (AvgIpc) is 1.98. The molecule has 0 aliphatic rings. The summed E-state index contributed by atoms with van der Waals surface area (Å²) >= 11 is 0. The summed E-state index contributed by atoms with van der Waals surface area (Å²) in [5.74, 6) is 0. The molecule has 0 aromatic carbocycles. The normalized spacial score (nSPS) is 13.7. The van der Waals surface area contributed by atoms with Crippen molar-refractivity contribution in [1.29, 1.82) is 0 Å². The molecule has 0 atom stereocenters. The van der Waals surface area contributed by atoms with Crippen molar-refractivity contribution >= 4 is 6.21 Å². The van der Waals surface area contributed by atoms with Crippen LogP contribution in [0.15, 0.2) is 28.8 Å². The van der Waals surface area contributed by atoms with Gasteiger partial charge in [-0.25, -0.2) is 0 Å². The van der Waals surface area contributed by atoms with E-state index in [1.165, 1.54) is 5.57 Å². The van der Waals surface area contributed by atoms with Crippen molar-refractivity contribution < 1.29 is 0 Å². The van der Waals surface area contributed by atoms with Crippen molar-refractivity contribution in [2.45, 2.75) is 20.3 Å². The minimum absolute atomic E-state index is 1.07. The molecule has 0 amide bonds. The Morgan fingerprint density at radius 3 is 2.60 bits per heavy atom. The van der Waals surface area contributed by atoms with Crippen LogP contribution in [0.1, 0.15) is 20.3 Å². The third-order valence-electron chi connectivity index (χ3n) is 1.23. The molecule has 0 fully saturated rings. The molecule has 1 nitrogen and oxygen atoms in total. The molecule has 0 heterocycles. The molecule has 0 aliphatic heterocycles. The van der Waals surface area contributed by atoms with E-state index in [2.05, 4.69) is 18.0 Å². The maximum atomic E-state index is 3.87. The summed E-state index contributed by atoms with van der Waals surface area (Å²) in [7, 11) is 1.78. The maximum Gasteiger partial charge on any atom is 0.0277 e. The second-order valence-electron chi connectivity index (χ2n) is 2.00. The number of aliphatic imine (C=N–C) groups is 1. The highest BCUT2D eigenvalue weighted by molar-refractivity contribution is 5.72. The lowest BCUT2D eigenvalue weighted by Crippen LogP contribution is -1.74. The second-order valence-corrected chi connectivity index (χ2v) is 2.00. The molecule has 1 heteroatoms. The van der Waals surface area contributed by atoms with Crippen LogP contribution >= 0.6 is 0 Å². The quantitative estimate of drug-likeness (QED) is 0.419. The van der Waals surface area contributed by atoms with E-state index in [1.54, 1.807) is 7.05 Å². The van der Waals surface area contributed by atoms with E-state index in [0.29, 0.717) is 0 Å². The van der Waals surface area contributed by atoms with E-state index in [-0.39, 0.29) is 0 Å². The highest BCUT2D eigenvalue weighted by Crippen LogP contribution is 2.00. The molecule has 0 saturated carbocycles. The van der Waals surface area contributed by atoms with Gasteiger partial charge in [0.05, 0.1) is 0 Å². The predicted molar refractivity (Wildman–Crippen MR) is 47.6 cm³/mol. The van der Waals surface area contributed by atoms with Crippen molar-refractivity contribution in [2.75, 3.05) is 7.05 Å². The monoisotopic (exact) mass is 137 g/mol. The van der Waals surface area contributed by atoms with Gasteiger partial charge in [0.2, 0.25) is 0 Å². The molecule has 0 aromatic rings. The summed E-state index contributed by atoms with van der Waals surface area (Å²) in [5, 5.41) is 0. The van der Waals surface area contributed by atoms with E-state index < -0.39 is 0 Å². The van der Waals surface area contributed by atoms with E-state index in [9.17, 15) is 0 Å². The number of rotatable bonds is 3. The van der Waals surface area contributed by atoms with E-state index in [4.69, 9.17) is 0 Å². The molecule has 10 heavy (non-hydrogen) atoms. The Morgan fingerprint density at radius 1 is 1.50 bits per heavy atom. The summed E-state index contributed by atoms with van der Waals surface area (Å²) in [4.78, 5) is 3.87. The smallest absolute Gasteiger partial charge is 0.0277 e. The van der Waals surface area contributed by atoms with Crippen molar-refractivity contribution in [1.82, 2.24) is 0 Å². The lowest BCUT2D eigenvalue weighted by molar-refractivity contribution is 1.15. The van der Waals surface area contributed by atoms with Crippen molar-refractivity contribution in [3.63, 3.8) is 0 Å². The van der Waals surface area contributed by atoms with Gasteiger partial charge in [0.1, 0.15) is 0 Å². The summed E-state index contributed by atoms with van der Waals surface area (Å²) in [6.45, 7) is 4.15. The van der Waals surface area contributed by atoms with Gasteiger partial charge in [-0.2, -0.15) is 0 Å². The van der Waals surface area contributed by atoms with E-state index >= 15 is 0 Å². The van der Waals surface area contributed by atoms with Crippen LogP contribution in [0.4, 0.5) is 0 Å². The van der Waals surface area contributed by atoms with Crippen molar-refractivity contribution in [3.8, 4) is 0 Å². The Labute approximate surface area is 63.2 Å². The van der Waals surface area contributed by atoms with Gasteiger partial charge in [-0.1, -0.05) is 19.1 Å². The molecule has 0 rings (SSSR count). The summed E-state index contributed by atoms with van der Waals surface area (Å²) in [6.07, 6.45) is 9.05. The topological polar surface area (TPSA) is 12.4 Å². The highest BCUT2D eigenvalue weighted by atomic mass is 14.6. The van der Waals surface area contributed by atoms with Gasteiger partial charge < -0.3 is 0 Å². The third-order valence-corrected chi connectivity index (χ3v) is 1.23. The maximum absolute atomic E-state index is 3.87. The van der Waals surface area contributed by atoms with Gasteiger partial charge in [0.25, 0.3) is 0 Å². The molecular formula is C9H15N. The van der Waals surface area contributed by atoms with Crippen molar-refractivity contribution in [2.24, 2.45) is 4.99 Å².